The summed E-state index contributed by atoms with van der Waals surface area (Å²) in [5, 5.41) is 11.7. The van der Waals surface area contributed by atoms with Gasteiger partial charge in [0.05, 0.1) is 11.3 Å². The van der Waals surface area contributed by atoms with Crippen molar-refractivity contribution in [3.05, 3.63) is 29.3 Å². The van der Waals surface area contributed by atoms with Gasteiger partial charge in [0.1, 0.15) is 0 Å². The van der Waals surface area contributed by atoms with Gasteiger partial charge in [0.25, 0.3) is 0 Å². The van der Waals surface area contributed by atoms with Gasteiger partial charge >= 0.3 is 5.97 Å². The molecule has 1 aromatic rings. The first-order valence-corrected chi connectivity index (χ1v) is 6.12. The molecule has 0 aliphatic heterocycles. The van der Waals surface area contributed by atoms with Crippen molar-refractivity contribution < 1.29 is 14.7 Å². The highest BCUT2D eigenvalue weighted by molar-refractivity contribution is 6.00. The average molecular weight is 259 g/mol. The van der Waals surface area contributed by atoms with E-state index in [4.69, 9.17) is 11.5 Å². The number of anilines is 1. The van der Waals surface area contributed by atoms with E-state index in [-0.39, 0.29) is 11.5 Å². The Kier molecular flexibility index (Phi) is 5.62. The van der Waals surface area contributed by atoms with Crippen LogP contribution < -0.4 is 5.32 Å². The number of carbonyl (C=O) groups is 2. The van der Waals surface area contributed by atoms with Gasteiger partial charge < -0.3 is 10.4 Å². The van der Waals surface area contributed by atoms with Crippen LogP contribution in [0.25, 0.3) is 0 Å². The molecule has 1 amide bonds. The predicted octanol–water partition coefficient (Wildman–Crippen LogP) is 2.83. The molecule has 0 saturated heterocycles. The highest BCUT2D eigenvalue weighted by Crippen LogP contribution is 2.18. The third-order valence-corrected chi connectivity index (χ3v) is 2.65. The van der Waals surface area contributed by atoms with Crippen LogP contribution in [-0.2, 0) is 4.79 Å². The molecule has 0 bridgehead atoms. The molecule has 1 aromatic carbocycles. The lowest BCUT2D eigenvalue weighted by molar-refractivity contribution is -0.116. The molecule has 0 saturated carbocycles. The molecule has 0 spiro atoms. The minimum absolute atomic E-state index is 0.108. The number of aromatic carboxylic acids is 1. The number of unbranched alkanes of at least 4 members (excludes halogenated alkanes) is 2. The highest BCUT2D eigenvalue weighted by atomic mass is 16.4. The molecular formula is C15H17NO3. The van der Waals surface area contributed by atoms with Gasteiger partial charge in [-0.25, -0.2) is 4.79 Å². The summed E-state index contributed by atoms with van der Waals surface area (Å²) in [6.07, 6.45) is 7.61. The number of benzene rings is 1. The van der Waals surface area contributed by atoms with Crippen LogP contribution in [0, 0.1) is 19.3 Å². The monoisotopic (exact) mass is 259 g/mol. The van der Waals surface area contributed by atoms with Crippen LogP contribution in [0.15, 0.2) is 18.2 Å². The Morgan fingerprint density at radius 2 is 2.11 bits per heavy atom. The van der Waals surface area contributed by atoms with E-state index in [1.807, 2.05) is 0 Å². The van der Waals surface area contributed by atoms with Crippen LogP contribution in [0.3, 0.4) is 0 Å². The van der Waals surface area contributed by atoms with Crippen molar-refractivity contribution >= 4 is 17.6 Å². The summed E-state index contributed by atoms with van der Waals surface area (Å²) < 4.78 is 0. The van der Waals surface area contributed by atoms with Crippen molar-refractivity contribution in [3.8, 4) is 12.3 Å². The number of terminal acetylenes is 1. The van der Waals surface area contributed by atoms with Crippen LogP contribution in [0.4, 0.5) is 5.69 Å². The first-order valence-electron chi connectivity index (χ1n) is 6.12. The molecule has 19 heavy (non-hydrogen) atoms. The molecule has 0 atom stereocenters. The second-order valence-electron chi connectivity index (χ2n) is 4.31. The fourth-order valence-corrected chi connectivity index (χ4v) is 1.67. The van der Waals surface area contributed by atoms with Crippen molar-refractivity contribution in [1.29, 1.82) is 0 Å². The van der Waals surface area contributed by atoms with Gasteiger partial charge in [0.2, 0.25) is 5.91 Å². The number of amides is 1. The fraction of sp³-hybridized carbons (Fsp3) is 0.333. The van der Waals surface area contributed by atoms with Gasteiger partial charge in [-0.3, -0.25) is 4.79 Å². The lowest BCUT2D eigenvalue weighted by Gasteiger charge is -2.09. The van der Waals surface area contributed by atoms with Crippen LogP contribution in [0.5, 0.6) is 0 Å². The van der Waals surface area contributed by atoms with E-state index in [9.17, 15) is 9.59 Å². The Morgan fingerprint density at radius 3 is 2.74 bits per heavy atom. The largest absolute Gasteiger partial charge is 0.478 e. The second kappa shape index (κ2) is 7.22. The van der Waals surface area contributed by atoms with Crippen LogP contribution >= 0.6 is 0 Å². The first-order chi connectivity index (χ1) is 9.04. The molecule has 2 N–H and O–H groups in total. The van der Waals surface area contributed by atoms with Crippen molar-refractivity contribution in [1.82, 2.24) is 0 Å². The molecule has 4 nitrogen and oxygen atoms in total. The maximum atomic E-state index is 11.7. The SMILES string of the molecule is C#CCCCCC(=O)Nc1ccc(C)cc1C(=O)O. The Hall–Kier alpha value is -2.28. The molecule has 0 aliphatic carbocycles. The van der Waals surface area contributed by atoms with E-state index in [2.05, 4.69) is 11.2 Å². The van der Waals surface area contributed by atoms with E-state index < -0.39 is 5.97 Å². The molecule has 1 rings (SSSR count). The van der Waals surface area contributed by atoms with E-state index in [1.165, 1.54) is 6.07 Å². The number of aryl methyl sites for hydroxylation is 1. The normalized spacial score (nSPS) is 9.68. The number of carbonyl (C=O) groups excluding carboxylic acids is 1. The van der Waals surface area contributed by atoms with Gasteiger partial charge in [-0.15, -0.1) is 12.3 Å². The maximum absolute atomic E-state index is 11.7. The Balaban J connectivity index is 2.64. The van der Waals surface area contributed by atoms with Crippen LogP contribution in [0.2, 0.25) is 0 Å². The van der Waals surface area contributed by atoms with Gasteiger partial charge in [0.15, 0.2) is 0 Å². The van der Waals surface area contributed by atoms with Crippen molar-refractivity contribution in [2.75, 3.05) is 5.32 Å². The lowest BCUT2D eigenvalue weighted by atomic mass is 10.1. The summed E-state index contributed by atoms with van der Waals surface area (Å²) in [5.74, 6) is 1.27. The van der Waals surface area contributed by atoms with Crippen molar-refractivity contribution in [2.24, 2.45) is 0 Å². The van der Waals surface area contributed by atoms with Crippen LogP contribution in [0.1, 0.15) is 41.6 Å². The summed E-state index contributed by atoms with van der Waals surface area (Å²) >= 11 is 0. The molecule has 4 heteroatoms. The molecule has 0 aliphatic rings. The Bertz CT molecular complexity index is 515. The molecule has 0 heterocycles. The summed E-state index contributed by atoms with van der Waals surface area (Å²) in [5.41, 5.74) is 1.28. The topological polar surface area (TPSA) is 66.4 Å². The lowest BCUT2D eigenvalue weighted by Crippen LogP contribution is -2.14. The predicted molar refractivity (Wildman–Crippen MR) is 74.1 cm³/mol. The maximum Gasteiger partial charge on any atom is 0.337 e. The summed E-state index contributed by atoms with van der Waals surface area (Å²) in [4.78, 5) is 22.8. The minimum atomic E-state index is -1.05. The first kappa shape index (κ1) is 14.8. The number of hydrogen-bond acceptors (Lipinski definition) is 2. The second-order valence-corrected chi connectivity index (χ2v) is 4.31. The number of nitrogens with one attached hydrogen (secondary N) is 1. The summed E-state index contributed by atoms with van der Waals surface area (Å²) in [6.45, 7) is 1.80. The number of hydrogen-bond donors (Lipinski definition) is 2. The van der Waals surface area contributed by atoms with Gasteiger partial charge in [-0.1, -0.05) is 11.6 Å². The average Bonchev–Trinajstić information content (AvgIpc) is 2.36. The van der Waals surface area contributed by atoms with Crippen molar-refractivity contribution in [3.63, 3.8) is 0 Å². The molecular weight excluding hydrogens is 242 g/mol. The summed E-state index contributed by atoms with van der Waals surface area (Å²) in [6, 6.07) is 4.91. The van der Waals surface area contributed by atoms with E-state index in [1.54, 1.807) is 19.1 Å². The molecule has 0 fully saturated rings. The highest BCUT2D eigenvalue weighted by Gasteiger charge is 2.12. The van der Waals surface area contributed by atoms with E-state index in [0.29, 0.717) is 24.9 Å². The fourth-order valence-electron chi connectivity index (χ4n) is 1.67. The van der Waals surface area contributed by atoms with Crippen LogP contribution in [-0.4, -0.2) is 17.0 Å². The molecule has 100 valence electrons. The smallest absolute Gasteiger partial charge is 0.337 e. The zero-order valence-electron chi connectivity index (χ0n) is 10.9. The number of carboxylic acid groups (broad SMARTS) is 1. The summed E-state index contributed by atoms with van der Waals surface area (Å²) in [7, 11) is 0. The zero-order valence-corrected chi connectivity index (χ0v) is 10.9. The van der Waals surface area contributed by atoms with Crippen molar-refractivity contribution in [2.45, 2.75) is 32.6 Å². The standard InChI is InChI=1S/C15H17NO3/c1-3-4-5-6-7-14(17)16-13-9-8-11(2)10-12(13)15(18)19/h1,8-10H,4-7H2,2H3,(H,16,17)(H,18,19). The molecule has 0 aromatic heterocycles. The zero-order chi connectivity index (χ0) is 14.3. The number of rotatable bonds is 6. The minimum Gasteiger partial charge on any atom is -0.478 e. The van der Waals surface area contributed by atoms with Gasteiger partial charge in [-0.05, 0) is 31.9 Å². The third kappa shape index (κ3) is 4.84. The van der Waals surface area contributed by atoms with E-state index in [0.717, 1.165) is 12.0 Å². The Morgan fingerprint density at radius 1 is 1.37 bits per heavy atom. The molecule has 0 radical (unpaired) electrons. The number of carboxylic acids is 1. The van der Waals surface area contributed by atoms with Gasteiger partial charge in [-0.2, -0.15) is 0 Å². The molecule has 0 unspecified atom stereocenters. The van der Waals surface area contributed by atoms with Gasteiger partial charge in [0, 0.05) is 12.8 Å². The Labute approximate surface area is 112 Å². The van der Waals surface area contributed by atoms with E-state index >= 15 is 0 Å². The quantitative estimate of drug-likeness (QED) is 0.609. The third-order valence-electron chi connectivity index (χ3n) is 2.65.